The molecule has 1 N–H and O–H groups in total. The molecule has 3 aromatic heterocycles. The van der Waals surface area contributed by atoms with Crippen LogP contribution in [-0.4, -0.2) is 76.7 Å². The maximum Gasteiger partial charge on any atom is 0.414 e. The summed E-state index contributed by atoms with van der Waals surface area (Å²) in [7, 11) is -4.51. The van der Waals surface area contributed by atoms with Crippen molar-refractivity contribution in [1.82, 2.24) is 19.5 Å². The number of thiophene rings is 2. The smallest absolute Gasteiger partial charge is 0.399 e. The number of carbonyl (C=O) groups excluding carboxylic acids is 4. The minimum atomic E-state index is -4.51. The van der Waals surface area contributed by atoms with Crippen LogP contribution in [-0.2, 0) is 19.6 Å². The second kappa shape index (κ2) is 10.1. The zero-order valence-electron chi connectivity index (χ0n) is 20.5. The number of ketones is 1. The lowest BCUT2D eigenvalue weighted by atomic mass is 10.1. The zero-order valence-corrected chi connectivity index (χ0v) is 23.0. The van der Waals surface area contributed by atoms with Gasteiger partial charge in [0.05, 0.1) is 18.2 Å². The maximum atomic E-state index is 13.7. The minimum Gasteiger partial charge on any atom is -0.399 e. The van der Waals surface area contributed by atoms with E-state index in [1.165, 1.54) is 45.9 Å². The average molecular weight is 589 g/mol. The Labute approximate surface area is 231 Å². The van der Waals surface area contributed by atoms with E-state index in [0.717, 1.165) is 32.7 Å². The Bertz CT molecular complexity index is 1540. The molecule has 0 radical (unpaired) electrons. The Morgan fingerprint density at radius 1 is 1.18 bits per heavy atom. The summed E-state index contributed by atoms with van der Waals surface area (Å²) in [5, 5.41) is 3.90. The van der Waals surface area contributed by atoms with Gasteiger partial charge in [0.25, 0.3) is 15.1 Å². The number of carbonyl (C=O) groups is 4. The van der Waals surface area contributed by atoms with Crippen LogP contribution in [0.25, 0.3) is 9.40 Å². The van der Waals surface area contributed by atoms with Gasteiger partial charge in [0.2, 0.25) is 5.91 Å². The molecule has 5 heterocycles. The van der Waals surface area contributed by atoms with Gasteiger partial charge in [0, 0.05) is 34.4 Å². The van der Waals surface area contributed by atoms with E-state index < -0.39 is 57.6 Å². The van der Waals surface area contributed by atoms with Gasteiger partial charge in [-0.15, -0.1) is 11.3 Å². The van der Waals surface area contributed by atoms with Crippen LogP contribution < -0.4 is 10.1 Å². The highest BCUT2D eigenvalue weighted by Gasteiger charge is 2.55. The van der Waals surface area contributed by atoms with Crippen LogP contribution in [0.5, 0.6) is 5.06 Å². The summed E-state index contributed by atoms with van der Waals surface area (Å²) in [5.41, 5.74) is -0.0999. The number of fused-ring (bicyclic) bond motifs is 2. The molecule has 2 saturated heterocycles. The van der Waals surface area contributed by atoms with Crippen molar-refractivity contribution in [1.29, 1.82) is 0 Å². The van der Waals surface area contributed by atoms with E-state index in [-0.39, 0.29) is 24.4 Å². The third-order valence-electron chi connectivity index (χ3n) is 7.27. The Kier molecular flexibility index (Phi) is 6.73. The molecule has 0 aromatic carbocycles. The van der Waals surface area contributed by atoms with Crippen LogP contribution in [0, 0.1) is 5.92 Å². The molecule has 0 spiro atoms. The number of sulfonamides is 1. The summed E-state index contributed by atoms with van der Waals surface area (Å²) in [4.78, 5) is 57.4. The third kappa shape index (κ3) is 4.97. The van der Waals surface area contributed by atoms with Crippen molar-refractivity contribution in [3.8, 4) is 5.06 Å². The topological polar surface area (TPSA) is 143 Å². The molecule has 14 heteroatoms. The van der Waals surface area contributed by atoms with Crippen LogP contribution in [0.15, 0.2) is 42.0 Å². The van der Waals surface area contributed by atoms with Crippen molar-refractivity contribution < 1.29 is 32.3 Å². The first-order valence-corrected chi connectivity index (χ1v) is 15.6. The molecule has 3 unspecified atom stereocenters. The number of aromatic nitrogens is 1. The van der Waals surface area contributed by atoms with Crippen LogP contribution in [0.4, 0.5) is 4.79 Å². The Balaban J connectivity index is 1.17. The van der Waals surface area contributed by atoms with Crippen LogP contribution in [0.1, 0.15) is 36.0 Å². The minimum absolute atomic E-state index is 0.0999. The molecule has 6 rings (SSSR count). The number of nitrogens with one attached hydrogen (secondary N) is 1. The second-order valence-electron chi connectivity index (χ2n) is 9.86. The molecule has 2 amide bonds. The number of rotatable bonds is 7. The number of hydrogen-bond acceptors (Lipinski definition) is 10. The average Bonchev–Trinajstić information content (AvgIpc) is 3.22. The summed E-state index contributed by atoms with van der Waals surface area (Å²) in [5.74, 6) is -0.637. The number of nitrogens with zero attached hydrogens (tertiary/aromatic N) is 3. The van der Waals surface area contributed by atoms with E-state index in [4.69, 9.17) is 4.74 Å². The van der Waals surface area contributed by atoms with Crippen molar-refractivity contribution in [2.45, 2.75) is 43.8 Å². The third-order valence-corrected chi connectivity index (χ3v) is 11.0. The van der Waals surface area contributed by atoms with Crippen molar-refractivity contribution in [3.05, 3.63) is 47.6 Å². The van der Waals surface area contributed by atoms with Crippen LogP contribution >= 0.6 is 22.7 Å². The SMILES string of the molecule is O=C(NC(CC1CC1)C(=O)N1CCC2C1C(=O)CN2S(=O)(=O)C(=O)c1cccnc1)Oc1cc2sccc2s1. The first-order chi connectivity index (χ1) is 18.7. The monoisotopic (exact) mass is 588 g/mol. The van der Waals surface area contributed by atoms with Crippen molar-refractivity contribution in [2.75, 3.05) is 13.1 Å². The van der Waals surface area contributed by atoms with E-state index in [1.807, 2.05) is 11.4 Å². The van der Waals surface area contributed by atoms with E-state index in [1.54, 1.807) is 6.07 Å². The Hall–Kier alpha value is -3.20. The molecular weight excluding hydrogens is 564 g/mol. The highest BCUT2D eigenvalue weighted by Crippen LogP contribution is 2.37. The van der Waals surface area contributed by atoms with Crippen molar-refractivity contribution in [3.63, 3.8) is 0 Å². The summed E-state index contributed by atoms with van der Waals surface area (Å²) in [6.07, 6.45) is 4.30. The van der Waals surface area contributed by atoms with Gasteiger partial charge in [-0.25, -0.2) is 13.2 Å². The molecule has 3 atom stereocenters. The maximum absolute atomic E-state index is 13.7. The Morgan fingerprint density at radius 3 is 2.72 bits per heavy atom. The summed E-state index contributed by atoms with van der Waals surface area (Å²) >= 11 is 2.86. The molecule has 1 saturated carbocycles. The van der Waals surface area contributed by atoms with Gasteiger partial charge >= 0.3 is 6.09 Å². The molecule has 2 aliphatic heterocycles. The van der Waals surface area contributed by atoms with Gasteiger partial charge in [-0.2, -0.15) is 4.31 Å². The van der Waals surface area contributed by atoms with Crippen molar-refractivity contribution >= 4 is 65.0 Å². The predicted octanol–water partition coefficient (Wildman–Crippen LogP) is 2.64. The molecule has 11 nitrogen and oxygen atoms in total. The predicted molar refractivity (Wildman–Crippen MR) is 143 cm³/mol. The van der Waals surface area contributed by atoms with Gasteiger partial charge in [-0.05, 0) is 42.3 Å². The fourth-order valence-electron chi connectivity index (χ4n) is 5.25. The first-order valence-electron chi connectivity index (χ1n) is 12.5. The number of Topliss-reactive ketones (excluding diaryl/α,β-unsaturated/α-hetero) is 1. The lowest BCUT2D eigenvalue weighted by Gasteiger charge is -2.28. The van der Waals surface area contributed by atoms with Gasteiger partial charge in [0.1, 0.15) is 12.1 Å². The van der Waals surface area contributed by atoms with Crippen LogP contribution in [0.3, 0.4) is 0 Å². The molecule has 3 aliphatic rings. The molecule has 39 heavy (non-hydrogen) atoms. The van der Waals surface area contributed by atoms with E-state index in [9.17, 15) is 27.6 Å². The molecular formula is C25H24N4O7S3. The largest absolute Gasteiger partial charge is 0.414 e. The summed E-state index contributed by atoms with van der Waals surface area (Å²) in [6.45, 7) is -0.363. The molecule has 3 fully saturated rings. The Morgan fingerprint density at radius 2 is 2.00 bits per heavy atom. The highest BCUT2D eigenvalue weighted by molar-refractivity contribution is 8.04. The van der Waals surface area contributed by atoms with E-state index in [0.29, 0.717) is 11.5 Å². The molecule has 1 aliphatic carbocycles. The highest BCUT2D eigenvalue weighted by atomic mass is 32.2. The number of hydrogen-bond donors (Lipinski definition) is 1. The van der Waals surface area contributed by atoms with Gasteiger partial charge in [-0.3, -0.25) is 19.4 Å². The van der Waals surface area contributed by atoms with Gasteiger partial charge < -0.3 is 15.0 Å². The standard InChI is InChI=1S/C25H24N4O7S3/c30-18-13-29(39(34,35)24(32)15-2-1-7-26-12-15)17-5-8-28(22(17)18)23(31)16(10-14-3-4-14)27-25(33)36-21-11-20-19(38-21)6-9-37-20/h1-2,6-7,9,11-12,14,16-17,22H,3-5,8,10,13H2,(H,27,33). The van der Waals surface area contributed by atoms with Crippen molar-refractivity contribution in [2.24, 2.45) is 5.92 Å². The number of pyridine rings is 1. The first kappa shape index (κ1) is 26.0. The number of amides is 2. The van der Waals surface area contributed by atoms with Gasteiger partial charge in [0.15, 0.2) is 10.8 Å². The zero-order chi connectivity index (χ0) is 27.3. The van der Waals surface area contributed by atoms with Crippen LogP contribution in [0.2, 0.25) is 0 Å². The lowest BCUT2D eigenvalue weighted by molar-refractivity contribution is -0.138. The lowest BCUT2D eigenvalue weighted by Crippen LogP contribution is -2.53. The normalized spacial score (nSPS) is 22.2. The molecule has 0 bridgehead atoms. The fourth-order valence-corrected chi connectivity index (χ4v) is 8.70. The van der Waals surface area contributed by atoms with E-state index >= 15 is 0 Å². The fraction of sp³-hybridized carbons (Fsp3) is 0.400. The molecule has 204 valence electrons. The number of ether oxygens (including phenoxy) is 1. The quantitative estimate of drug-likeness (QED) is 0.444. The molecule has 3 aromatic rings. The number of likely N-dealkylation sites (tertiary alicyclic amines) is 1. The summed E-state index contributed by atoms with van der Waals surface area (Å²) < 4.78 is 34.7. The van der Waals surface area contributed by atoms with Gasteiger partial charge in [-0.1, -0.05) is 24.2 Å². The summed E-state index contributed by atoms with van der Waals surface area (Å²) in [6, 6.07) is 3.73. The van der Waals surface area contributed by atoms with E-state index in [2.05, 4.69) is 10.3 Å². The second-order valence-corrected chi connectivity index (χ2v) is 13.6.